The van der Waals surface area contributed by atoms with Gasteiger partial charge in [0.05, 0.1) is 4.92 Å². The molecule has 1 N–H and O–H groups in total. The number of nitrogens with zero attached hydrogens (tertiary/aromatic N) is 3. The van der Waals surface area contributed by atoms with E-state index in [4.69, 9.17) is 0 Å². The summed E-state index contributed by atoms with van der Waals surface area (Å²) in [4.78, 5) is 16.6. The molecule has 0 spiro atoms. The topological polar surface area (TPSA) is 71.3 Å². The third kappa shape index (κ3) is 3.97. The summed E-state index contributed by atoms with van der Waals surface area (Å²) in [5.74, 6) is 0.483. The molecule has 0 atom stereocenters. The molecule has 1 aromatic heterocycles. The minimum Gasteiger partial charge on any atom is -0.350 e. The highest BCUT2D eigenvalue weighted by Gasteiger charge is 2.20. The number of nitro groups is 1. The van der Waals surface area contributed by atoms with Crippen LogP contribution in [0, 0.1) is 10.1 Å². The van der Waals surface area contributed by atoms with Gasteiger partial charge in [0, 0.05) is 31.9 Å². The summed E-state index contributed by atoms with van der Waals surface area (Å²) in [6.45, 7) is 3.37. The molecule has 1 fully saturated rings. The highest BCUT2D eigenvalue weighted by Crippen LogP contribution is 2.24. The maximum Gasteiger partial charge on any atom is 0.311 e. The van der Waals surface area contributed by atoms with Crippen molar-refractivity contribution in [2.75, 3.05) is 31.1 Å². The zero-order valence-electron chi connectivity index (χ0n) is 9.74. The fraction of sp³-hybridized carbons (Fsp3) is 0.500. The standard InChI is InChI=1S/C10H14N4O2.2ClH/c15-14(16)9-3-1-5-12-10(9)13-7-2-4-11-6-8-13;;/h1,3,5,11H,2,4,6-8H2;2*1H. The van der Waals surface area contributed by atoms with Crippen molar-refractivity contribution in [1.29, 1.82) is 0 Å². The van der Waals surface area contributed by atoms with Gasteiger partial charge in [-0.05, 0) is 19.0 Å². The van der Waals surface area contributed by atoms with Gasteiger partial charge in [-0.2, -0.15) is 0 Å². The first-order valence-corrected chi connectivity index (χ1v) is 5.34. The van der Waals surface area contributed by atoms with E-state index in [1.54, 1.807) is 12.3 Å². The fourth-order valence-corrected chi connectivity index (χ4v) is 1.83. The van der Waals surface area contributed by atoms with Gasteiger partial charge < -0.3 is 10.2 Å². The molecule has 8 heteroatoms. The lowest BCUT2D eigenvalue weighted by atomic mass is 10.3. The van der Waals surface area contributed by atoms with Crippen molar-refractivity contribution in [2.24, 2.45) is 0 Å². The van der Waals surface area contributed by atoms with Crippen LogP contribution in [0.2, 0.25) is 0 Å². The number of hydrogen-bond donors (Lipinski definition) is 1. The van der Waals surface area contributed by atoms with E-state index in [0.717, 1.165) is 32.6 Å². The van der Waals surface area contributed by atoms with Gasteiger partial charge in [-0.1, -0.05) is 0 Å². The Morgan fingerprint density at radius 3 is 2.83 bits per heavy atom. The van der Waals surface area contributed by atoms with Gasteiger partial charge in [-0.15, -0.1) is 24.8 Å². The van der Waals surface area contributed by atoms with Crippen molar-refractivity contribution in [3.05, 3.63) is 28.4 Å². The predicted molar refractivity (Wildman–Crippen MR) is 75.1 cm³/mol. The fourth-order valence-electron chi connectivity index (χ4n) is 1.83. The Morgan fingerprint density at radius 1 is 1.33 bits per heavy atom. The average Bonchev–Trinajstić information content (AvgIpc) is 2.57. The lowest BCUT2D eigenvalue weighted by Crippen LogP contribution is -2.29. The van der Waals surface area contributed by atoms with Crippen LogP contribution in [0.25, 0.3) is 0 Å². The third-order valence-corrected chi connectivity index (χ3v) is 2.60. The van der Waals surface area contributed by atoms with Gasteiger partial charge in [0.15, 0.2) is 0 Å². The summed E-state index contributed by atoms with van der Waals surface area (Å²) in [6.07, 6.45) is 2.58. The lowest BCUT2D eigenvalue weighted by Gasteiger charge is -2.20. The second-order valence-corrected chi connectivity index (χ2v) is 3.69. The van der Waals surface area contributed by atoms with E-state index in [9.17, 15) is 10.1 Å². The maximum absolute atomic E-state index is 10.9. The van der Waals surface area contributed by atoms with Crippen LogP contribution in [0.4, 0.5) is 11.5 Å². The number of nitrogens with one attached hydrogen (secondary N) is 1. The maximum atomic E-state index is 10.9. The summed E-state index contributed by atoms with van der Waals surface area (Å²) in [5, 5.41) is 14.1. The number of hydrogen-bond acceptors (Lipinski definition) is 5. The first-order chi connectivity index (χ1) is 7.79. The molecule has 6 nitrogen and oxygen atoms in total. The Balaban J connectivity index is 0.00000144. The van der Waals surface area contributed by atoms with E-state index in [1.807, 2.05) is 4.90 Å². The van der Waals surface area contributed by atoms with E-state index >= 15 is 0 Å². The van der Waals surface area contributed by atoms with Crippen molar-refractivity contribution < 1.29 is 4.92 Å². The van der Waals surface area contributed by atoms with Gasteiger partial charge in [-0.3, -0.25) is 10.1 Å². The molecule has 0 bridgehead atoms. The van der Waals surface area contributed by atoms with Crippen molar-refractivity contribution in [3.8, 4) is 0 Å². The SMILES string of the molecule is Cl.Cl.O=[N+]([O-])c1cccnc1N1CCCNCC1. The van der Waals surface area contributed by atoms with Crippen LogP contribution >= 0.6 is 24.8 Å². The van der Waals surface area contributed by atoms with Crippen LogP contribution in [0.1, 0.15) is 6.42 Å². The van der Waals surface area contributed by atoms with Crippen molar-refractivity contribution >= 4 is 36.3 Å². The van der Waals surface area contributed by atoms with Gasteiger partial charge >= 0.3 is 5.69 Å². The molecule has 1 saturated heterocycles. The number of anilines is 1. The van der Waals surface area contributed by atoms with Gasteiger partial charge in [0.1, 0.15) is 0 Å². The predicted octanol–water partition coefficient (Wildman–Crippen LogP) is 1.63. The minimum atomic E-state index is -0.374. The van der Waals surface area contributed by atoms with Crippen LogP contribution in [0.5, 0.6) is 0 Å². The third-order valence-electron chi connectivity index (χ3n) is 2.60. The molecule has 2 rings (SSSR count). The second-order valence-electron chi connectivity index (χ2n) is 3.69. The molecule has 1 aromatic rings. The van der Waals surface area contributed by atoms with E-state index < -0.39 is 0 Å². The van der Waals surface area contributed by atoms with Gasteiger partial charge in [0.25, 0.3) is 0 Å². The quantitative estimate of drug-likeness (QED) is 0.663. The Morgan fingerprint density at radius 2 is 2.11 bits per heavy atom. The lowest BCUT2D eigenvalue weighted by molar-refractivity contribution is -0.384. The zero-order chi connectivity index (χ0) is 11.4. The number of aromatic nitrogens is 1. The Bertz CT molecular complexity index is 384. The molecule has 0 aliphatic carbocycles. The zero-order valence-corrected chi connectivity index (χ0v) is 11.4. The molecule has 102 valence electrons. The van der Waals surface area contributed by atoms with Gasteiger partial charge in [-0.25, -0.2) is 4.98 Å². The number of pyridine rings is 1. The molecule has 0 radical (unpaired) electrons. The molecule has 18 heavy (non-hydrogen) atoms. The molecule has 1 aliphatic heterocycles. The summed E-state index contributed by atoms with van der Waals surface area (Å²) < 4.78 is 0. The van der Waals surface area contributed by atoms with Gasteiger partial charge in [0.2, 0.25) is 5.82 Å². The smallest absolute Gasteiger partial charge is 0.311 e. The molecular formula is C10H16Cl2N4O2. The Kier molecular flexibility index (Phi) is 7.58. The van der Waals surface area contributed by atoms with Crippen LogP contribution in [0.15, 0.2) is 18.3 Å². The van der Waals surface area contributed by atoms with Crippen molar-refractivity contribution in [3.63, 3.8) is 0 Å². The largest absolute Gasteiger partial charge is 0.350 e. The number of halogens is 2. The van der Waals surface area contributed by atoms with Crippen LogP contribution in [-0.2, 0) is 0 Å². The van der Waals surface area contributed by atoms with Crippen molar-refractivity contribution in [2.45, 2.75) is 6.42 Å². The van der Waals surface area contributed by atoms with Crippen LogP contribution in [-0.4, -0.2) is 36.1 Å². The Hall–Kier alpha value is -1.11. The average molecular weight is 295 g/mol. The molecule has 0 aromatic carbocycles. The van der Waals surface area contributed by atoms with Crippen LogP contribution < -0.4 is 10.2 Å². The first kappa shape index (κ1) is 16.9. The van der Waals surface area contributed by atoms with Crippen LogP contribution in [0.3, 0.4) is 0 Å². The highest BCUT2D eigenvalue weighted by molar-refractivity contribution is 5.85. The normalized spacial score (nSPS) is 15.0. The minimum absolute atomic E-state index is 0. The van der Waals surface area contributed by atoms with E-state index in [-0.39, 0.29) is 35.4 Å². The monoisotopic (exact) mass is 294 g/mol. The molecule has 2 heterocycles. The summed E-state index contributed by atoms with van der Waals surface area (Å²) in [5.41, 5.74) is 0.0874. The van der Waals surface area contributed by atoms with E-state index in [1.165, 1.54) is 6.07 Å². The first-order valence-electron chi connectivity index (χ1n) is 5.34. The van der Waals surface area contributed by atoms with E-state index in [0.29, 0.717) is 5.82 Å². The Labute approximate surface area is 118 Å². The molecule has 1 aliphatic rings. The summed E-state index contributed by atoms with van der Waals surface area (Å²) in [7, 11) is 0. The number of rotatable bonds is 2. The molecule has 0 unspecified atom stereocenters. The van der Waals surface area contributed by atoms with E-state index in [2.05, 4.69) is 10.3 Å². The van der Waals surface area contributed by atoms with Crippen molar-refractivity contribution in [1.82, 2.24) is 10.3 Å². The molecule has 0 amide bonds. The highest BCUT2D eigenvalue weighted by atomic mass is 35.5. The summed E-state index contributed by atoms with van der Waals surface area (Å²) in [6, 6.07) is 3.10. The molecule has 0 saturated carbocycles. The summed E-state index contributed by atoms with van der Waals surface area (Å²) >= 11 is 0. The molecular weight excluding hydrogens is 279 g/mol. The second kappa shape index (κ2) is 8.07.